The van der Waals surface area contributed by atoms with Crippen LogP contribution in [0.2, 0.25) is 0 Å². The van der Waals surface area contributed by atoms with Gasteiger partial charge in [0.2, 0.25) is 0 Å². The molecule has 0 spiro atoms. The van der Waals surface area contributed by atoms with Gasteiger partial charge < -0.3 is 14.2 Å². The second kappa shape index (κ2) is 6.55. The number of hydrogen-bond donors (Lipinski definition) is 0. The van der Waals surface area contributed by atoms with Crippen LogP contribution in [-0.2, 0) is 9.47 Å². The zero-order valence-corrected chi connectivity index (χ0v) is 12.5. The molecule has 1 aromatic carbocycles. The Bertz CT molecular complexity index is 400. The Balaban J connectivity index is 2.12. The van der Waals surface area contributed by atoms with Gasteiger partial charge in [-0.1, -0.05) is 13.3 Å². The molecule has 18 heavy (non-hydrogen) atoms. The molecular weight excluding hydrogens is 296 g/mol. The van der Waals surface area contributed by atoms with Crippen molar-refractivity contribution in [3.05, 3.63) is 27.7 Å². The van der Waals surface area contributed by atoms with E-state index in [0.717, 1.165) is 40.8 Å². The van der Waals surface area contributed by atoms with Gasteiger partial charge in [-0.3, -0.25) is 0 Å². The van der Waals surface area contributed by atoms with Gasteiger partial charge in [-0.25, -0.2) is 0 Å². The number of benzene rings is 1. The highest BCUT2D eigenvalue weighted by atomic mass is 79.9. The van der Waals surface area contributed by atoms with Gasteiger partial charge in [0, 0.05) is 5.56 Å². The first-order valence-electron chi connectivity index (χ1n) is 6.38. The summed E-state index contributed by atoms with van der Waals surface area (Å²) in [6.45, 7) is 6.29. The maximum Gasteiger partial charge on any atom is 0.184 e. The minimum absolute atomic E-state index is 0.231. The minimum atomic E-state index is -0.231. The maximum atomic E-state index is 5.75. The summed E-state index contributed by atoms with van der Waals surface area (Å²) in [4.78, 5) is 0. The third-order valence-corrected chi connectivity index (χ3v) is 3.57. The summed E-state index contributed by atoms with van der Waals surface area (Å²) in [5.41, 5.74) is 2.21. The lowest BCUT2D eigenvalue weighted by atomic mass is 10.1. The van der Waals surface area contributed by atoms with Crippen LogP contribution in [0.5, 0.6) is 5.75 Å². The number of ether oxygens (including phenoxy) is 3. The summed E-state index contributed by atoms with van der Waals surface area (Å²) >= 11 is 3.54. The molecule has 0 saturated carbocycles. The largest absolute Gasteiger partial charge is 0.492 e. The van der Waals surface area contributed by atoms with Crippen molar-refractivity contribution < 1.29 is 14.2 Å². The zero-order chi connectivity index (χ0) is 13.0. The number of halogens is 1. The van der Waals surface area contributed by atoms with Crippen LogP contribution < -0.4 is 4.74 Å². The van der Waals surface area contributed by atoms with E-state index in [-0.39, 0.29) is 6.29 Å². The molecule has 1 saturated heterocycles. The molecule has 1 heterocycles. The molecule has 1 aliphatic heterocycles. The van der Waals surface area contributed by atoms with E-state index in [0.29, 0.717) is 13.2 Å². The van der Waals surface area contributed by atoms with Crippen LogP contribution in [0.1, 0.15) is 37.2 Å². The van der Waals surface area contributed by atoms with Crippen molar-refractivity contribution in [2.24, 2.45) is 0 Å². The van der Waals surface area contributed by atoms with Crippen molar-refractivity contribution in [1.29, 1.82) is 0 Å². The molecule has 100 valence electrons. The van der Waals surface area contributed by atoms with Gasteiger partial charge in [-0.15, -0.1) is 0 Å². The molecule has 0 unspecified atom stereocenters. The summed E-state index contributed by atoms with van der Waals surface area (Å²) < 4.78 is 17.8. The van der Waals surface area contributed by atoms with Crippen LogP contribution in [0.25, 0.3) is 0 Å². The van der Waals surface area contributed by atoms with E-state index in [2.05, 4.69) is 29.8 Å². The Morgan fingerprint density at radius 2 is 2.06 bits per heavy atom. The quantitative estimate of drug-likeness (QED) is 0.769. The molecule has 0 N–H and O–H groups in total. The molecule has 1 fully saturated rings. The second-order valence-electron chi connectivity index (χ2n) is 4.41. The number of aryl methyl sites for hydroxylation is 1. The fourth-order valence-electron chi connectivity index (χ4n) is 1.90. The topological polar surface area (TPSA) is 27.7 Å². The summed E-state index contributed by atoms with van der Waals surface area (Å²) in [6, 6.07) is 4.08. The molecular formula is C14H19BrO3. The molecule has 2 rings (SSSR count). The molecule has 0 bridgehead atoms. The van der Waals surface area contributed by atoms with Crippen molar-refractivity contribution in [2.45, 2.75) is 33.0 Å². The SMILES string of the molecule is CCCCOc1cc(C)c(C2OCCO2)cc1Br. The maximum absolute atomic E-state index is 5.75. The van der Waals surface area contributed by atoms with E-state index >= 15 is 0 Å². The molecule has 1 aliphatic rings. The highest BCUT2D eigenvalue weighted by Crippen LogP contribution is 2.34. The minimum Gasteiger partial charge on any atom is -0.492 e. The van der Waals surface area contributed by atoms with Crippen molar-refractivity contribution in [3.63, 3.8) is 0 Å². The van der Waals surface area contributed by atoms with Gasteiger partial charge in [-0.05, 0) is 47.0 Å². The normalized spacial score (nSPS) is 16.2. The second-order valence-corrected chi connectivity index (χ2v) is 5.27. The van der Waals surface area contributed by atoms with Crippen LogP contribution >= 0.6 is 15.9 Å². The molecule has 1 aromatic rings. The number of hydrogen-bond acceptors (Lipinski definition) is 3. The molecule has 0 aliphatic carbocycles. The van der Waals surface area contributed by atoms with Crippen molar-refractivity contribution in [1.82, 2.24) is 0 Å². The Morgan fingerprint density at radius 3 is 2.72 bits per heavy atom. The van der Waals surface area contributed by atoms with Gasteiger partial charge in [0.05, 0.1) is 24.3 Å². The fraction of sp³-hybridized carbons (Fsp3) is 0.571. The summed E-state index contributed by atoms with van der Waals surface area (Å²) in [5, 5.41) is 0. The summed E-state index contributed by atoms with van der Waals surface area (Å²) in [6.07, 6.45) is 1.98. The molecule has 3 nitrogen and oxygen atoms in total. The van der Waals surface area contributed by atoms with Gasteiger partial charge in [-0.2, -0.15) is 0 Å². The Labute approximate surface area is 117 Å². The Morgan fingerprint density at radius 1 is 1.33 bits per heavy atom. The molecule has 0 atom stereocenters. The summed E-state index contributed by atoms with van der Waals surface area (Å²) in [7, 11) is 0. The predicted molar refractivity (Wildman–Crippen MR) is 73.9 cm³/mol. The molecule has 4 heteroatoms. The van der Waals surface area contributed by atoms with Crippen LogP contribution in [0.4, 0.5) is 0 Å². The lowest BCUT2D eigenvalue weighted by Crippen LogP contribution is -2.03. The first-order chi connectivity index (χ1) is 8.72. The predicted octanol–water partition coefficient (Wildman–Crippen LogP) is 3.98. The Hall–Kier alpha value is -0.580. The number of rotatable bonds is 5. The highest BCUT2D eigenvalue weighted by Gasteiger charge is 2.21. The van der Waals surface area contributed by atoms with Crippen molar-refractivity contribution >= 4 is 15.9 Å². The third-order valence-electron chi connectivity index (χ3n) is 2.95. The summed E-state index contributed by atoms with van der Waals surface area (Å²) in [5.74, 6) is 0.891. The standard InChI is InChI=1S/C14H19BrO3/c1-3-4-5-16-13-8-10(2)11(9-12(13)15)14-17-6-7-18-14/h8-9,14H,3-7H2,1-2H3. The molecule has 0 aromatic heterocycles. The fourth-order valence-corrected chi connectivity index (χ4v) is 2.37. The van der Waals surface area contributed by atoms with E-state index in [1.807, 2.05) is 12.1 Å². The molecule has 0 radical (unpaired) electrons. The van der Waals surface area contributed by atoms with Gasteiger partial charge >= 0.3 is 0 Å². The number of unbranched alkanes of at least 4 members (excludes halogenated alkanes) is 1. The first-order valence-corrected chi connectivity index (χ1v) is 7.17. The van der Waals surface area contributed by atoms with Crippen molar-refractivity contribution in [2.75, 3.05) is 19.8 Å². The lowest BCUT2D eigenvalue weighted by molar-refractivity contribution is -0.0446. The van der Waals surface area contributed by atoms with Crippen LogP contribution in [0, 0.1) is 6.92 Å². The van der Waals surface area contributed by atoms with Gasteiger partial charge in [0.25, 0.3) is 0 Å². The third kappa shape index (κ3) is 3.25. The lowest BCUT2D eigenvalue weighted by Gasteiger charge is -2.15. The first kappa shape index (κ1) is 13.8. The van der Waals surface area contributed by atoms with E-state index in [1.165, 1.54) is 0 Å². The van der Waals surface area contributed by atoms with Crippen LogP contribution in [0.15, 0.2) is 16.6 Å². The molecule has 0 amide bonds. The Kier molecular flexibility index (Phi) is 5.03. The van der Waals surface area contributed by atoms with E-state index in [1.54, 1.807) is 0 Å². The van der Waals surface area contributed by atoms with Gasteiger partial charge in [0.1, 0.15) is 5.75 Å². The smallest absolute Gasteiger partial charge is 0.184 e. The highest BCUT2D eigenvalue weighted by molar-refractivity contribution is 9.10. The van der Waals surface area contributed by atoms with E-state index < -0.39 is 0 Å². The van der Waals surface area contributed by atoms with Crippen LogP contribution in [0.3, 0.4) is 0 Å². The monoisotopic (exact) mass is 314 g/mol. The van der Waals surface area contributed by atoms with E-state index in [4.69, 9.17) is 14.2 Å². The van der Waals surface area contributed by atoms with Crippen LogP contribution in [-0.4, -0.2) is 19.8 Å². The van der Waals surface area contributed by atoms with Gasteiger partial charge in [0.15, 0.2) is 6.29 Å². The average molecular weight is 315 g/mol. The van der Waals surface area contributed by atoms with E-state index in [9.17, 15) is 0 Å². The van der Waals surface area contributed by atoms with Crippen molar-refractivity contribution in [3.8, 4) is 5.75 Å². The average Bonchev–Trinajstić information content (AvgIpc) is 2.87. The zero-order valence-electron chi connectivity index (χ0n) is 10.9.